The third-order valence-corrected chi connectivity index (χ3v) is 4.61. The van der Waals surface area contributed by atoms with Crippen LogP contribution >= 0.6 is 0 Å². The highest BCUT2D eigenvalue weighted by Gasteiger charge is 2.21. The third-order valence-electron chi connectivity index (χ3n) is 4.61. The Morgan fingerprint density at radius 1 is 1.27 bits per heavy atom. The van der Waals surface area contributed by atoms with Gasteiger partial charge in [0.25, 0.3) is 0 Å². The topological polar surface area (TPSA) is 40.1 Å². The lowest BCUT2D eigenvalue weighted by Crippen LogP contribution is -2.41. The van der Waals surface area contributed by atoms with Crippen LogP contribution in [0.3, 0.4) is 0 Å². The number of nitrogens with zero attached hydrogens (tertiary/aromatic N) is 3. The summed E-state index contributed by atoms with van der Waals surface area (Å²) in [6, 6.07) is 6.77. The number of aliphatic imine (C=N–C) groups is 1. The smallest absolute Gasteiger partial charge is 0.193 e. The van der Waals surface area contributed by atoms with Gasteiger partial charge in [0.05, 0.1) is 19.2 Å². The standard InChI is InChI=1S/C20H33FN4O/c1-5-22-20(25(4)12-13-26-15-16-6-7-16)23-14-19(24(2)3)17-8-10-18(21)11-9-17/h8-11,16,19H,5-7,12-15H2,1-4H3,(H,22,23). The van der Waals surface area contributed by atoms with Crippen LogP contribution in [0.4, 0.5) is 4.39 Å². The molecule has 0 radical (unpaired) electrons. The van der Waals surface area contributed by atoms with Crippen molar-refractivity contribution in [3.05, 3.63) is 35.6 Å². The lowest BCUT2D eigenvalue weighted by atomic mass is 10.1. The molecule has 1 fully saturated rings. The van der Waals surface area contributed by atoms with Crippen molar-refractivity contribution in [3.8, 4) is 0 Å². The maximum atomic E-state index is 13.2. The Labute approximate surface area is 157 Å². The van der Waals surface area contributed by atoms with E-state index in [0.717, 1.165) is 37.1 Å². The minimum atomic E-state index is -0.214. The first-order valence-corrected chi connectivity index (χ1v) is 9.50. The van der Waals surface area contributed by atoms with Crippen LogP contribution in [0.2, 0.25) is 0 Å². The molecule has 1 aliphatic rings. The molecular formula is C20H33FN4O. The molecule has 0 spiro atoms. The van der Waals surface area contributed by atoms with E-state index in [9.17, 15) is 4.39 Å². The molecule has 0 bridgehead atoms. The van der Waals surface area contributed by atoms with Crippen molar-refractivity contribution in [3.63, 3.8) is 0 Å². The van der Waals surface area contributed by atoms with Gasteiger partial charge in [-0.1, -0.05) is 12.1 Å². The molecule has 1 aromatic rings. The lowest BCUT2D eigenvalue weighted by molar-refractivity contribution is 0.115. The fourth-order valence-electron chi connectivity index (χ4n) is 2.74. The summed E-state index contributed by atoms with van der Waals surface area (Å²) >= 11 is 0. The van der Waals surface area contributed by atoms with Crippen molar-refractivity contribution in [2.75, 3.05) is 54.0 Å². The van der Waals surface area contributed by atoms with E-state index >= 15 is 0 Å². The van der Waals surface area contributed by atoms with Crippen molar-refractivity contribution in [2.45, 2.75) is 25.8 Å². The quantitative estimate of drug-likeness (QED) is 0.394. The second-order valence-corrected chi connectivity index (χ2v) is 7.17. The molecule has 1 aliphatic carbocycles. The van der Waals surface area contributed by atoms with Crippen LogP contribution in [0.5, 0.6) is 0 Å². The number of ether oxygens (including phenoxy) is 1. The number of hydrogen-bond donors (Lipinski definition) is 1. The zero-order valence-corrected chi connectivity index (χ0v) is 16.5. The van der Waals surface area contributed by atoms with Gasteiger partial charge in [0.1, 0.15) is 5.82 Å². The van der Waals surface area contributed by atoms with Crippen LogP contribution in [0.15, 0.2) is 29.3 Å². The Hall–Kier alpha value is -1.66. The van der Waals surface area contributed by atoms with Gasteiger partial charge in [-0.15, -0.1) is 0 Å². The maximum absolute atomic E-state index is 13.2. The number of benzene rings is 1. The normalized spacial score (nSPS) is 16.0. The lowest BCUT2D eigenvalue weighted by Gasteiger charge is -2.26. The van der Waals surface area contributed by atoms with E-state index in [4.69, 9.17) is 9.73 Å². The first-order chi connectivity index (χ1) is 12.5. The van der Waals surface area contributed by atoms with E-state index < -0.39 is 0 Å². The zero-order valence-electron chi connectivity index (χ0n) is 16.5. The van der Waals surface area contributed by atoms with Crippen LogP contribution < -0.4 is 5.32 Å². The predicted octanol–water partition coefficient (Wildman–Crippen LogP) is 2.75. The molecule has 1 N–H and O–H groups in total. The number of halogens is 1. The maximum Gasteiger partial charge on any atom is 0.193 e. The summed E-state index contributed by atoms with van der Waals surface area (Å²) < 4.78 is 18.9. The highest BCUT2D eigenvalue weighted by molar-refractivity contribution is 5.79. The van der Waals surface area contributed by atoms with Gasteiger partial charge in [0, 0.05) is 26.7 Å². The highest BCUT2D eigenvalue weighted by atomic mass is 19.1. The van der Waals surface area contributed by atoms with Gasteiger partial charge >= 0.3 is 0 Å². The third kappa shape index (κ3) is 6.92. The molecule has 5 nitrogen and oxygen atoms in total. The average molecular weight is 365 g/mol. The zero-order chi connectivity index (χ0) is 18.9. The SMILES string of the molecule is CCNC(=NCC(c1ccc(F)cc1)N(C)C)N(C)CCOCC1CC1. The fourth-order valence-corrected chi connectivity index (χ4v) is 2.74. The van der Waals surface area contributed by atoms with Crippen LogP contribution in [-0.2, 0) is 4.74 Å². The molecule has 2 rings (SSSR count). The van der Waals surface area contributed by atoms with Gasteiger partial charge in [-0.05, 0) is 57.5 Å². The van der Waals surface area contributed by atoms with Crippen LogP contribution in [0, 0.1) is 11.7 Å². The molecule has 0 amide bonds. The van der Waals surface area contributed by atoms with Crippen molar-refractivity contribution >= 4 is 5.96 Å². The number of rotatable bonds is 10. The summed E-state index contributed by atoms with van der Waals surface area (Å²) in [6.07, 6.45) is 2.63. The van der Waals surface area contributed by atoms with Gasteiger partial charge < -0.3 is 19.9 Å². The van der Waals surface area contributed by atoms with Crippen molar-refractivity contribution in [1.82, 2.24) is 15.1 Å². The number of likely N-dealkylation sites (N-methyl/N-ethyl adjacent to an activating group) is 2. The van der Waals surface area contributed by atoms with Gasteiger partial charge in [-0.3, -0.25) is 4.99 Å². The van der Waals surface area contributed by atoms with Crippen molar-refractivity contribution < 1.29 is 9.13 Å². The van der Waals surface area contributed by atoms with E-state index in [1.165, 1.54) is 25.0 Å². The van der Waals surface area contributed by atoms with Crippen molar-refractivity contribution in [1.29, 1.82) is 0 Å². The fraction of sp³-hybridized carbons (Fsp3) is 0.650. The van der Waals surface area contributed by atoms with Gasteiger partial charge in [-0.25, -0.2) is 4.39 Å². The van der Waals surface area contributed by atoms with Crippen LogP contribution in [0.25, 0.3) is 0 Å². The van der Waals surface area contributed by atoms with Crippen LogP contribution in [0.1, 0.15) is 31.4 Å². The minimum absolute atomic E-state index is 0.101. The van der Waals surface area contributed by atoms with Gasteiger partial charge in [0.2, 0.25) is 0 Å². The van der Waals surface area contributed by atoms with E-state index in [2.05, 4.69) is 22.0 Å². The molecule has 0 aromatic heterocycles. The Kier molecular flexibility index (Phi) is 8.32. The molecule has 26 heavy (non-hydrogen) atoms. The van der Waals surface area contributed by atoms with Gasteiger partial charge in [0.15, 0.2) is 5.96 Å². The summed E-state index contributed by atoms with van der Waals surface area (Å²) in [5, 5.41) is 3.34. The van der Waals surface area contributed by atoms with E-state index in [0.29, 0.717) is 13.2 Å². The molecule has 6 heteroatoms. The second-order valence-electron chi connectivity index (χ2n) is 7.17. The first kappa shape index (κ1) is 20.6. The van der Waals surface area contributed by atoms with E-state index in [1.54, 1.807) is 0 Å². The Morgan fingerprint density at radius 2 is 1.96 bits per heavy atom. The summed E-state index contributed by atoms with van der Waals surface area (Å²) in [7, 11) is 6.07. The molecule has 1 atom stereocenters. The van der Waals surface area contributed by atoms with Gasteiger partial charge in [-0.2, -0.15) is 0 Å². The monoisotopic (exact) mass is 364 g/mol. The molecule has 1 saturated carbocycles. The Balaban J connectivity index is 1.93. The minimum Gasteiger partial charge on any atom is -0.379 e. The summed E-state index contributed by atoms with van der Waals surface area (Å²) in [6.45, 7) is 5.89. The van der Waals surface area contributed by atoms with E-state index in [1.807, 2.05) is 33.3 Å². The molecule has 0 aliphatic heterocycles. The Morgan fingerprint density at radius 3 is 2.54 bits per heavy atom. The molecular weight excluding hydrogens is 331 g/mol. The van der Waals surface area contributed by atoms with Crippen molar-refractivity contribution in [2.24, 2.45) is 10.9 Å². The number of nitrogens with one attached hydrogen (secondary N) is 1. The van der Waals surface area contributed by atoms with Crippen LogP contribution in [-0.4, -0.2) is 69.8 Å². The molecule has 0 heterocycles. The average Bonchev–Trinajstić information content (AvgIpc) is 3.43. The molecule has 146 valence electrons. The number of hydrogen-bond acceptors (Lipinski definition) is 3. The molecule has 1 unspecified atom stereocenters. The molecule has 1 aromatic carbocycles. The summed E-state index contributed by atoms with van der Waals surface area (Å²) in [4.78, 5) is 9.02. The first-order valence-electron chi connectivity index (χ1n) is 9.50. The highest BCUT2D eigenvalue weighted by Crippen LogP contribution is 2.28. The second kappa shape index (κ2) is 10.5. The predicted molar refractivity (Wildman–Crippen MR) is 105 cm³/mol. The summed E-state index contributed by atoms with van der Waals surface area (Å²) in [5.41, 5.74) is 1.06. The molecule has 0 saturated heterocycles. The largest absolute Gasteiger partial charge is 0.379 e. The van der Waals surface area contributed by atoms with E-state index in [-0.39, 0.29) is 11.9 Å². The number of guanidine groups is 1. The summed E-state index contributed by atoms with van der Waals surface area (Å²) in [5.74, 6) is 1.45. The Bertz CT molecular complexity index is 557.